The zero-order valence-corrected chi connectivity index (χ0v) is 17.5. The Kier molecular flexibility index (Phi) is 5.78. The monoisotopic (exact) mass is 440 g/mol. The molecule has 0 aliphatic heterocycles. The first-order valence-electron chi connectivity index (χ1n) is 9.77. The van der Waals surface area contributed by atoms with Crippen LogP contribution >= 0.6 is 11.3 Å². The third-order valence-corrected chi connectivity index (χ3v) is 6.01. The summed E-state index contributed by atoms with van der Waals surface area (Å²) >= 11 is 1.40. The van der Waals surface area contributed by atoms with Crippen LogP contribution in [0.1, 0.15) is 34.0 Å². The van der Waals surface area contributed by atoms with Gasteiger partial charge in [-0.2, -0.15) is 13.2 Å². The van der Waals surface area contributed by atoms with Crippen LogP contribution in [0.2, 0.25) is 0 Å². The normalized spacial score (nSPS) is 11.6. The van der Waals surface area contributed by atoms with Gasteiger partial charge in [-0.15, -0.1) is 0 Å². The summed E-state index contributed by atoms with van der Waals surface area (Å²) in [6.45, 7) is 2.33. The number of carbonyl (C=O) groups is 1. The van der Waals surface area contributed by atoms with Gasteiger partial charge in [0.05, 0.1) is 22.3 Å². The number of halogens is 3. The van der Waals surface area contributed by atoms with E-state index in [9.17, 15) is 18.0 Å². The second-order valence-electron chi connectivity index (χ2n) is 7.10. The summed E-state index contributed by atoms with van der Waals surface area (Å²) in [7, 11) is 0. The first kappa shape index (κ1) is 21.1. The summed E-state index contributed by atoms with van der Waals surface area (Å²) < 4.78 is 39.7. The molecule has 0 aliphatic carbocycles. The molecule has 0 aliphatic rings. The molecule has 0 radical (unpaired) electrons. The van der Waals surface area contributed by atoms with Crippen LogP contribution < -0.4 is 4.90 Å². The van der Waals surface area contributed by atoms with E-state index >= 15 is 0 Å². The van der Waals surface area contributed by atoms with Crippen molar-refractivity contribution in [3.05, 3.63) is 95.1 Å². The quantitative estimate of drug-likeness (QED) is 0.345. The Hall–Kier alpha value is -3.19. The molecule has 0 atom stereocenters. The van der Waals surface area contributed by atoms with Crippen molar-refractivity contribution in [2.75, 3.05) is 4.90 Å². The Balaban J connectivity index is 1.73. The highest BCUT2D eigenvalue weighted by Gasteiger charge is 2.31. The second kappa shape index (κ2) is 8.51. The summed E-state index contributed by atoms with van der Waals surface area (Å²) in [4.78, 5) is 19.5. The molecule has 0 N–H and O–H groups in total. The minimum atomic E-state index is -4.45. The molecule has 31 heavy (non-hydrogen) atoms. The number of aryl methyl sites for hydroxylation is 1. The number of nitrogens with zero attached hydrogens (tertiary/aromatic N) is 2. The maximum Gasteiger partial charge on any atom is 0.416 e. The van der Waals surface area contributed by atoms with Crippen LogP contribution in [0.15, 0.2) is 72.8 Å². The van der Waals surface area contributed by atoms with Crippen molar-refractivity contribution in [3.63, 3.8) is 0 Å². The fourth-order valence-electron chi connectivity index (χ4n) is 3.24. The predicted octanol–water partition coefficient (Wildman–Crippen LogP) is 6.72. The summed E-state index contributed by atoms with van der Waals surface area (Å²) in [6.07, 6.45) is -3.56. The third kappa shape index (κ3) is 4.61. The summed E-state index contributed by atoms with van der Waals surface area (Å²) in [5, 5.41) is 0.511. The summed E-state index contributed by atoms with van der Waals surface area (Å²) in [5.74, 6) is -0.396. The van der Waals surface area contributed by atoms with Crippen molar-refractivity contribution in [2.45, 2.75) is 26.1 Å². The molecule has 0 saturated carbocycles. The van der Waals surface area contributed by atoms with Crippen molar-refractivity contribution >= 4 is 32.6 Å². The first-order valence-corrected chi connectivity index (χ1v) is 10.6. The van der Waals surface area contributed by atoms with Crippen molar-refractivity contribution in [1.82, 2.24) is 4.98 Å². The Morgan fingerprint density at radius 2 is 1.68 bits per heavy atom. The highest BCUT2D eigenvalue weighted by molar-refractivity contribution is 7.22. The molecule has 3 aromatic carbocycles. The largest absolute Gasteiger partial charge is 0.416 e. The Morgan fingerprint density at radius 3 is 2.32 bits per heavy atom. The van der Waals surface area contributed by atoms with E-state index < -0.39 is 17.6 Å². The van der Waals surface area contributed by atoms with Crippen molar-refractivity contribution in [1.29, 1.82) is 0 Å². The minimum absolute atomic E-state index is 0.178. The van der Waals surface area contributed by atoms with E-state index in [2.05, 4.69) is 18.0 Å². The molecule has 0 fully saturated rings. The molecular formula is C24H19F3N2OS. The highest BCUT2D eigenvalue weighted by Crippen LogP contribution is 2.33. The van der Waals surface area contributed by atoms with E-state index in [0.717, 1.165) is 34.3 Å². The van der Waals surface area contributed by atoms with E-state index in [1.165, 1.54) is 33.9 Å². The third-order valence-electron chi connectivity index (χ3n) is 4.97. The van der Waals surface area contributed by atoms with Crippen LogP contribution in [0, 0.1) is 0 Å². The first-order chi connectivity index (χ1) is 14.8. The Labute approximate surface area is 181 Å². The molecule has 1 amide bonds. The number of anilines is 1. The lowest BCUT2D eigenvalue weighted by Gasteiger charge is -2.20. The van der Waals surface area contributed by atoms with Crippen LogP contribution in [-0.4, -0.2) is 10.9 Å². The number of thiazole rings is 1. The van der Waals surface area contributed by atoms with Gasteiger partial charge in [-0.05, 0) is 53.9 Å². The van der Waals surface area contributed by atoms with Gasteiger partial charge < -0.3 is 0 Å². The molecule has 4 rings (SSSR count). The van der Waals surface area contributed by atoms with Crippen LogP contribution in [0.25, 0.3) is 10.2 Å². The zero-order chi connectivity index (χ0) is 22.0. The maximum absolute atomic E-state index is 13.3. The number of fused-ring (bicyclic) bond motifs is 1. The number of alkyl halides is 3. The molecule has 4 aromatic rings. The zero-order valence-electron chi connectivity index (χ0n) is 16.7. The standard InChI is InChI=1S/C24H19F3N2OS/c1-2-16-8-13-20-21(14-16)31-23(28-20)29(15-17-6-4-3-5-7-17)22(30)18-9-11-19(12-10-18)24(25,26)27/h3-14H,2,15H2,1H3. The van der Waals surface area contributed by atoms with Crippen molar-refractivity contribution in [2.24, 2.45) is 0 Å². The molecule has 0 bridgehead atoms. The molecule has 0 saturated heterocycles. The maximum atomic E-state index is 13.3. The van der Waals surface area contributed by atoms with Crippen molar-refractivity contribution < 1.29 is 18.0 Å². The number of hydrogen-bond acceptors (Lipinski definition) is 3. The molecule has 158 valence electrons. The lowest BCUT2D eigenvalue weighted by molar-refractivity contribution is -0.137. The number of benzene rings is 3. The van der Waals surface area contributed by atoms with Gasteiger partial charge in [0.25, 0.3) is 5.91 Å². The van der Waals surface area contributed by atoms with E-state index in [0.29, 0.717) is 5.13 Å². The topological polar surface area (TPSA) is 33.2 Å². The molecule has 7 heteroatoms. The molecule has 0 unspecified atom stereocenters. The van der Waals surface area contributed by atoms with Gasteiger partial charge in [-0.25, -0.2) is 4.98 Å². The van der Waals surface area contributed by atoms with Crippen LogP contribution in [0.3, 0.4) is 0 Å². The van der Waals surface area contributed by atoms with E-state index in [1.54, 1.807) is 0 Å². The van der Waals surface area contributed by atoms with Crippen LogP contribution in [-0.2, 0) is 19.1 Å². The molecule has 1 aromatic heterocycles. The summed E-state index contributed by atoms with van der Waals surface area (Å²) in [5.41, 5.74) is 2.25. The van der Waals surface area contributed by atoms with Gasteiger partial charge in [0.15, 0.2) is 5.13 Å². The smallest absolute Gasteiger partial charge is 0.279 e. The minimum Gasteiger partial charge on any atom is -0.279 e. The highest BCUT2D eigenvalue weighted by atomic mass is 32.1. The lowest BCUT2D eigenvalue weighted by Crippen LogP contribution is -2.30. The fraction of sp³-hybridized carbons (Fsp3) is 0.167. The summed E-state index contributed by atoms with van der Waals surface area (Å²) in [6, 6.07) is 19.7. The van der Waals surface area contributed by atoms with Crippen LogP contribution in [0.5, 0.6) is 0 Å². The SMILES string of the molecule is CCc1ccc2nc(N(Cc3ccccc3)C(=O)c3ccc(C(F)(F)F)cc3)sc2c1. The van der Waals surface area contributed by atoms with Gasteiger partial charge >= 0.3 is 6.18 Å². The number of hydrogen-bond donors (Lipinski definition) is 0. The van der Waals surface area contributed by atoms with Gasteiger partial charge in [0.2, 0.25) is 0 Å². The van der Waals surface area contributed by atoms with E-state index in [1.807, 2.05) is 42.5 Å². The number of aromatic nitrogens is 1. The molecule has 0 spiro atoms. The lowest BCUT2D eigenvalue weighted by atomic mass is 10.1. The number of rotatable bonds is 5. The van der Waals surface area contributed by atoms with Gasteiger partial charge in [0, 0.05) is 5.56 Å². The molecule has 1 heterocycles. The van der Waals surface area contributed by atoms with Crippen molar-refractivity contribution in [3.8, 4) is 0 Å². The number of amides is 1. The van der Waals surface area contributed by atoms with Gasteiger partial charge in [-0.3, -0.25) is 9.69 Å². The average Bonchev–Trinajstić information content (AvgIpc) is 3.20. The Bertz CT molecular complexity index is 1200. The molecule has 3 nitrogen and oxygen atoms in total. The predicted molar refractivity (Wildman–Crippen MR) is 117 cm³/mol. The van der Waals surface area contributed by atoms with E-state index in [-0.39, 0.29) is 12.1 Å². The number of carbonyl (C=O) groups excluding carboxylic acids is 1. The molecular weight excluding hydrogens is 421 g/mol. The van der Waals surface area contributed by atoms with E-state index in [4.69, 9.17) is 0 Å². The van der Waals surface area contributed by atoms with Crippen LogP contribution in [0.4, 0.5) is 18.3 Å². The fourth-order valence-corrected chi connectivity index (χ4v) is 4.27. The second-order valence-corrected chi connectivity index (χ2v) is 8.11. The Morgan fingerprint density at radius 1 is 0.968 bits per heavy atom. The van der Waals surface area contributed by atoms with Gasteiger partial charge in [0.1, 0.15) is 0 Å². The average molecular weight is 440 g/mol. The van der Waals surface area contributed by atoms with Gasteiger partial charge in [-0.1, -0.05) is 54.7 Å².